The molecule has 0 radical (unpaired) electrons. The third kappa shape index (κ3) is 3.94. The minimum absolute atomic E-state index is 0.183. The highest BCUT2D eigenvalue weighted by Gasteiger charge is 2.50. The van der Waals surface area contributed by atoms with Crippen molar-refractivity contribution in [3.63, 3.8) is 0 Å². The zero-order valence-corrected chi connectivity index (χ0v) is 17.0. The molecule has 0 saturated carbocycles. The van der Waals surface area contributed by atoms with Gasteiger partial charge in [-0.1, -0.05) is 59.1 Å². The van der Waals surface area contributed by atoms with E-state index in [0.29, 0.717) is 15.6 Å². The Kier molecular flexibility index (Phi) is 5.84. The third-order valence-corrected chi connectivity index (χ3v) is 5.40. The van der Waals surface area contributed by atoms with Crippen LogP contribution in [0, 0.1) is 0 Å². The summed E-state index contributed by atoms with van der Waals surface area (Å²) in [4.78, 5) is 38.3. The smallest absolute Gasteiger partial charge is 0.325 e. The molecule has 1 heterocycles. The fourth-order valence-electron chi connectivity index (χ4n) is 2.95. The van der Waals surface area contributed by atoms with Gasteiger partial charge in [0.1, 0.15) is 12.1 Å². The highest BCUT2D eigenvalue weighted by atomic mass is 35.5. The average molecular weight is 441 g/mol. The van der Waals surface area contributed by atoms with Gasteiger partial charge in [-0.15, -0.1) is 0 Å². The first-order chi connectivity index (χ1) is 13.2. The third-order valence-electron chi connectivity index (χ3n) is 4.48. The van der Waals surface area contributed by atoms with Crippen LogP contribution >= 0.6 is 34.8 Å². The number of carbonyl (C=O) groups is 3. The Labute approximate surface area is 176 Å². The summed E-state index contributed by atoms with van der Waals surface area (Å²) in [6, 6.07) is 11.0. The summed E-state index contributed by atoms with van der Waals surface area (Å²) in [5.74, 6) is -1.07. The first kappa shape index (κ1) is 20.5. The molecule has 1 fully saturated rings. The second-order valence-corrected chi connectivity index (χ2v) is 7.69. The molecule has 146 valence electrons. The maximum atomic E-state index is 12.9. The predicted molar refractivity (Wildman–Crippen MR) is 107 cm³/mol. The summed E-state index contributed by atoms with van der Waals surface area (Å²) >= 11 is 18.2. The van der Waals surface area contributed by atoms with E-state index in [4.69, 9.17) is 34.8 Å². The number of imide groups is 1. The van der Waals surface area contributed by atoms with E-state index in [1.54, 1.807) is 36.4 Å². The number of nitrogens with one attached hydrogen (secondary N) is 2. The molecule has 3 rings (SSSR count). The summed E-state index contributed by atoms with van der Waals surface area (Å²) in [5.41, 5.74) is -0.259. The molecule has 2 N–H and O–H groups in total. The fraction of sp³-hybridized carbons (Fsp3) is 0.211. The number of hydrogen-bond donors (Lipinski definition) is 2. The standard InChI is InChI=1S/C19H16Cl3N3O3/c1-19(13-7-6-12(20)8-15(13)22)17(27)25(18(28)24-19)10-16(26)23-9-11-4-2-3-5-14(11)21/h2-8H,9-10H2,1H3,(H,23,26)(H,24,28). The molecule has 9 heteroatoms. The lowest BCUT2D eigenvalue weighted by Crippen LogP contribution is -2.43. The van der Waals surface area contributed by atoms with Crippen LogP contribution in [-0.4, -0.2) is 29.3 Å². The SMILES string of the molecule is CC1(c2ccc(Cl)cc2Cl)NC(=O)N(CC(=O)NCc2ccccc2Cl)C1=O. The number of urea groups is 1. The monoisotopic (exact) mass is 439 g/mol. The number of carbonyl (C=O) groups excluding carboxylic acids is 3. The van der Waals surface area contributed by atoms with Crippen LogP contribution in [0.4, 0.5) is 4.79 Å². The predicted octanol–water partition coefficient (Wildman–Crippen LogP) is 3.73. The molecule has 0 aliphatic carbocycles. The lowest BCUT2D eigenvalue weighted by molar-refractivity contribution is -0.134. The van der Waals surface area contributed by atoms with Gasteiger partial charge >= 0.3 is 6.03 Å². The Morgan fingerprint density at radius 2 is 1.82 bits per heavy atom. The Morgan fingerprint density at radius 3 is 2.50 bits per heavy atom. The summed E-state index contributed by atoms with van der Waals surface area (Å²) in [7, 11) is 0. The zero-order valence-electron chi connectivity index (χ0n) is 14.8. The average Bonchev–Trinajstić information content (AvgIpc) is 2.84. The van der Waals surface area contributed by atoms with Crippen LogP contribution in [0.15, 0.2) is 42.5 Å². The van der Waals surface area contributed by atoms with Crippen molar-refractivity contribution in [1.29, 1.82) is 0 Å². The van der Waals surface area contributed by atoms with Crippen LogP contribution in [-0.2, 0) is 21.7 Å². The summed E-state index contributed by atoms with van der Waals surface area (Å²) in [6.45, 7) is 1.29. The maximum Gasteiger partial charge on any atom is 0.325 e. The van der Waals surface area contributed by atoms with Crippen molar-refractivity contribution in [2.24, 2.45) is 0 Å². The van der Waals surface area contributed by atoms with Crippen LogP contribution in [0.25, 0.3) is 0 Å². The second-order valence-electron chi connectivity index (χ2n) is 6.44. The van der Waals surface area contributed by atoms with Crippen molar-refractivity contribution >= 4 is 52.6 Å². The van der Waals surface area contributed by atoms with Gasteiger partial charge in [0.05, 0.1) is 0 Å². The lowest BCUT2D eigenvalue weighted by Gasteiger charge is -2.23. The highest BCUT2D eigenvalue weighted by molar-refractivity contribution is 6.35. The molecule has 2 aromatic carbocycles. The van der Waals surface area contributed by atoms with Crippen molar-refractivity contribution in [1.82, 2.24) is 15.5 Å². The lowest BCUT2D eigenvalue weighted by atomic mass is 9.92. The topological polar surface area (TPSA) is 78.5 Å². The molecule has 4 amide bonds. The number of hydrogen-bond acceptors (Lipinski definition) is 3. The molecule has 0 bridgehead atoms. The van der Waals surface area contributed by atoms with Crippen LogP contribution < -0.4 is 10.6 Å². The molecular formula is C19H16Cl3N3O3. The quantitative estimate of drug-likeness (QED) is 0.695. The molecular weight excluding hydrogens is 425 g/mol. The van der Waals surface area contributed by atoms with E-state index in [-0.39, 0.29) is 11.6 Å². The van der Waals surface area contributed by atoms with Crippen LogP contribution in [0.3, 0.4) is 0 Å². The molecule has 28 heavy (non-hydrogen) atoms. The zero-order chi connectivity index (χ0) is 20.5. The number of nitrogens with zero attached hydrogens (tertiary/aromatic N) is 1. The minimum Gasteiger partial charge on any atom is -0.350 e. The summed E-state index contributed by atoms with van der Waals surface area (Å²) in [5, 5.41) is 6.42. The van der Waals surface area contributed by atoms with Crippen molar-refractivity contribution in [2.45, 2.75) is 19.0 Å². The van der Waals surface area contributed by atoms with Gasteiger partial charge in [-0.3, -0.25) is 14.5 Å². The number of halogens is 3. The summed E-state index contributed by atoms with van der Waals surface area (Å²) < 4.78 is 0. The molecule has 6 nitrogen and oxygen atoms in total. The molecule has 1 aliphatic heterocycles. The number of benzene rings is 2. The molecule has 1 aliphatic rings. The normalized spacial score (nSPS) is 18.9. The first-order valence-electron chi connectivity index (χ1n) is 8.32. The second kappa shape index (κ2) is 7.99. The molecule has 1 atom stereocenters. The van der Waals surface area contributed by atoms with Crippen molar-refractivity contribution in [2.75, 3.05) is 6.54 Å². The summed E-state index contributed by atoms with van der Waals surface area (Å²) in [6.07, 6.45) is 0. The van der Waals surface area contributed by atoms with Gasteiger partial charge in [0.2, 0.25) is 5.91 Å². The minimum atomic E-state index is -1.39. The molecule has 0 aromatic heterocycles. The van der Waals surface area contributed by atoms with E-state index in [1.165, 1.54) is 13.0 Å². The largest absolute Gasteiger partial charge is 0.350 e. The van der Waals surface area contributed by atoms with E-state index < -0.39 is 29.9 Å². The van der Waals surface area contributed by atoms with Crippen molar-refractivity contribution in [3.05, 3.63) is 68.7 Å². The van der Waals surface area contributed by atoms with Gasteiger partial charge in [-0.2, -0.15) is 0 Å². The highest BCUT2D eigenvalue weighted by Crippen LogP contribution is 2.34. The van der Waals surface area contributed by atoms with Gasteiger partial charge in [0.15, 0.2) is 0 Å². The Balaban J connectivity index is 1.71. The van der Waals surface area contributed by atoms with Crippen LogP contribution in [0.2, 0.25) is 15.1 Å². The molecule has 0 spiro atoms. The van der Waals surface area contributed by atoms with Crippen molar-refractivity contribution < 1.29 is 14.4 Å². The van der Waals surface area contributed by atoms with E-state index >= 15 is 0 Å². The van der Waals surface area contributed by atoms with Gasteiger partial charge in [-0.25, -0.2) is 4.79 Å². The molecule has 1 unspecified atom stereocenters. The van der Waals surface area contributed by atoms with Crippen LogP contribution in [0.1, 0.15) is 18.1 Å². The number of amides is 4. The van der Waals surface area contributed by atoms with Crippen LogP contribution in [0.5, 0.6) is 0 Å². The van der Waals surface area contributed by atoms with Gasteiger partial charge in [-0.05, 0) is 30.7 Å². The Morgan fingerprint density at radius 1 is 1.11 bits per heavy atom. The maximum absolute atomic E-state index is 12.9. The van der Waals surface area contributed by atoms with Gasteiger partial charge in [0, 0.05) is 27.2 Å². The first-order valence-corrected chi connectivity index (χ1v) is 9.45. The van der Waals surface area contributed by atoms with Gasteiger partial charge < -0.3 is 10.6 Å². The molecule has 1 saturated heterocycles. The Hall–Kier alpha value is -2.28. The van der Waals surface area contributed by atoms with E-state index in [2.05, 4.69) is 10.6 Å². The van der Waals surface area contributed by atoms with E-state index in [9.17, 15) is 14.4 Å². The van der Waals surface area contributed by atoms with E-state index in [0.717, 1.165) is 10.5 Å². The van der Waals surface area contributed by atoms with Gasteiger partial charge in [0.25, 0.3) is 5.91 Å². The molecule has 2 aromatic rings. The van der Waals surface area contributed by atoms with E-state index in [1.807, 2.05) is 0 Å². The number of rotatable bonds is 5. The van der Waals surface area contributed by atoms with Crippen molar-refractivity contribution in [3.8, 4) is 0 Å². The fourth-order valence-corrected chi connectivity index (χ4v) is 3.75. The Bertz CT molecular complexity index is 966.